The molecule has 0 spiro atoms. The van der Waals surface area contributed by atoms with Crippen LogP contribution in [0.5, 0.6) is 0 Å². The Hall–Kier alpha value is -1.88. The Bertz CT molecular complexity index is 483. The number of nitrogens with zero attached hydrogens (tertiary/aromatic N) is 2. The number of methoxy groups -OCH3 is 1. The number of ether oxygens (including phenoxy) is 1. The van der Waals surface area contributed by atoms with E-state index >= 15 is 0 Å². The van der Waals surface area contributed by atoms with Crippen LogP contribution in [-0.4, -0.2) is 23.6 Å². The number of aromatic nitrogens is 2. The minimum atomic E-state index is 0.384. The fraction of sp³-hybridized carbons (Fsp3) is 0.385. The van der Waals surface area contributed by atoms with Crippen LogP contribution in [0.2, 0.25) is 0 Å². The van der Waals surface area contributed by atoms with E-state index in [4.69, 9.17) is 9.15 Å². The van der Waals surface area contributed by atoms with Gasteiger partial charge in [0.1, 0.15) is 18.1 Å². The molecule has 2 rings (SSSR count). The highest BCUT2D eigenvalue weighted by Gasteiger charge is 2.08. The van der Waals surface area contributed by atoms with Gasteiger partial charge in [0.15, 0.2) is 11.6 Å². The Labute approximate surface area is 106 Å². The summed E-state index contributed by atoms with van der Waals surface area (Å²) in [5.41, 5.74) is 0.764. The molecule has 0 aliphatic rings. The summed E-state index contributed by atoms with van der Waals surface area (Å²) in [7, 11) is 1.63. The molecule has 0 bridgehead atoms. The Morgan fingerprint density at radius 2 is 2.28 bits per heavy atom. The molecule has 0 aromatic carbocycles. The second kappa shape index (κ2) is 6.16. The first kappa shape index (κ1) is 12.6. The van der Waals surface area contributed by atoms with Crippen LogP contribution in [0.1, 0.15) is 19.2 Å². The van der Waals surface area contributed by atoms with E-state index in [1.54, 1.807) is 13.4 Å². The number of anilines is 1. The zero-order valence-electron chi connectivity index (χ0n) is 10.6. The lowest BCUT2D eigenvalue weighted by atomic mass is 10.3. The van der Waals surface area contributed by atoms with Crippen molar-refractivity contribution in [3.8, 4) is 11.5 Å². The number of hydrogen-bond donors (Lipinski definition) is 1. The van der Waals surface area contributed by atoms with Crippen LogP contribution in [0.15, 0.2) is 28.9 Å². The van der Waals surface area contributed by atoms with E-state index < -0.39 is 0 Å². The maximum absolute atomic E-state index is 5.35. The predicted molar refractivity (Wildman–Crippen MR) is 69.2 cm³/mol. The van der Waals surface area contributed by atoms with Crippen LogP contribution < -0.4 is 5.32 Å². The van der Waals surface area contributed by atoms with Gasteiger partial charge in [0.25, 0.3) is 0 Å². The summed E-state index contributed by atoms with van der Waals surface area (Å²) in [5, 5.41) is 3.25. The molecule has 0 saturated heterocycles. The summed E-state index contributed by atoms with van der Waals surface area (Å²) in [6, 6.07) is 5.60. The van der Waals surface area contributed by atoms with Gasteiger partial charge in [-0.1, -0.05) is 6.92 Å². The molecule has 96 valence electrons. The van der Waals surface area contributed by atoms with Crippen LogP contribution in [0.25, 0.3) is 11.5 Å². The zero-order chi connectivity index (χ0) is 12.8. The smallest absolute Gasteiger partial charge is 0.157 e. The Morgan fingerprint density at radius 1 is 1.39 bits per heavy atom. The van der Waals surface area contributed by atoms with Crippen molar-refractivity contribution in [3.05, 3.63) is 30.3 Å². The van der Waals surface area contributed by atoms with Crippen LogP contribution in [0.3, 0.4) is 0 Å². The van der Waals surface area contributed by atoms with Gasteiger partial charge in [-0.2, -0.15) is 0 Å². The average Bonchev–Trinajstić information content (AvgIpc) is 2.90. The highest BCUT2D eigenvalue weighted by molar-refractivity contribution is 5.56. The molecule has 0 atom stereocenters. The van der Waals surface area contributed by atoms with E-state index in [-0.39, 0.29) is 0 Å². The maximum atomic E-state index is 5.35. The molecule has 18 heavy (non-hydrogen) atoms. The largest absolute Gasteiger partial charge is 0.463 e. The van der Waals surface area contributed by atoms with Gasteiger partial charge < -0.3 is 14.5 Å². The molecular formula is C13H17N3O2. The quantitative estimate of drug-likeness (QED) is 0.850. The summed E-state index contributed by atoms with van der Waals surface area (Å²) in [6.45, 7) is 3.37. The molecule has 5 nitrogen and oxygen atoms in total. The second-order valence-electron chi connectivity index (χ2n) is 3.89. The van der Waals surface area contributed by atoms with E-state index in [1.807, 2.05) is 18.2 Å². The predicted octanol–water partition coefficient (Wildman–Crippen LogP) is 2.70. The van der Waals surface area contributed by atoms with Gasteiger partial charge in [0, 0.05) is 19.7 Å². The molecule has 2 aromatic heterocycles. The lowest BCUT2D eigenvalue weighted by Gasteiger charge is -2.08. The van der Waals surface area contributed by atoms with Gasteiger partial charge in [-0.25, -0.2) is 9.97 Å². The van der Waals surface area contributed by atoms with E-state index in [2.05, 4.69) is 22.2 Å². The third kappa shape index (κ3) is 3.07. The molecule has 0 aliphatic heterocycles. The fourth-order valence-electron chi connectivity index (χ4n) is 1.58. The van der Waals surface area contributed by atoms with Gasteiger partial charge in [-0.05, 0) is 18.6 Å². The number of nitrogens with one attached hydrogen (secondary N) is 1. The fourth-order valence-corrected chi connectivity index (χ4v) is 1.58. The molecule has 0 radical (unpaired) electrons. The molecule has 2 heterocycles. The van der Waals surface area contributed by atoms with Gasteiger partial charge in [0.2, 0.25) is 0 Å². The second-order valence-corrected chi connectivity index (χ2v) is 3.89. The molecule has 1 N–H and O–H groups in total. The first-order chi connectivity index (χ1) is 8.83. The van der Waals surface area contributed by atoms with E-state index in [9.17, 15) is 0 Å². The molecular weight excluding hydrogens is 230 g/mol. The summed E-state index contributed by atoms with van der Waals surface area (Å²) in [5.74, 6) is 2.17. The standard InChI is InChI=1S/C13H17N3O2/c1-3-6-14-12-8-10(11-5-4-7-18-11)15-13(16-12)9-17-2/h4-5,7-8H,3,6,9H2,1-2H3,(H,14,15,16). The highest BCUT2D eigenvalue weighted by atomic mass is 16.5. The summed E-state index contributed by atoms with van der Waals surface area (Å²) in [4.78, 5) is 8.79. The topological polar surface area (TPSA) is 60.2 Å². The van der Waals surface area contributed by atoms with Crippen molar-refractivity contribution >= 4 is 5.82 Å². The van der Waals surface area contributed by atoms with Crippen molar-refractivity contribution in [2.45, 2.75) is 20.0 Å². The molecule has 0 aliphatic carbocycles. The Balaban J connectivity index is 2.30. The van der Waals surface area contributed by atoms with Crippen molar-refractivity contribution in [1.82, 2.24) is 9.97 Å². The SMILES string of the molecule is CCCNc1cc(-c2ccco2)nc(COC)n1. The van der Waals surface area contributed by atoms with Crippen LogP contribution in [-0.2, 0) is 11.3 Å². The lowest BCUT2D eigenvalue weighted by Crippen LogP contribution is -2.06. The molecule has 0 fully saturated rings. The number of rotatable bonds is 6. The highest BCUT2D eigenvalue weighted by Crippen LogP contribution is 2.20. The lowest BCUT2D eigenvalue weighted by molar-refractivity contribution is 0.178. The van der Waals surface area contributed by atoms with Crippen molar-refractivity contribution in [2.75, 3.05) is 19.0 Å². The van der Waals surface area contributed by atoms with Crippen molar-refractivity contribution in [1.29, 1.82) is 0 Å². The first-order valence-corrected chi connectivity index (χ1v) is 5.98. The van der Waals surface area contributed by atoms with Crippen molar-refractivity contribution in [3.63, 3.8) is 0 Å². The number of furan rings is 1. The van der Waals surface area contributed by atoms with Gasteiger partial charge in [-0.3, -0.25) is 0 Å². The van der Waals surface area contributed by atoms with Crippen molar-refractivity contribution in [2.24, 2.45) is 0 Å². The normalized spacial score (nSPS) is 10.6. The molecule has 0 unspecified atom stereocenters. The third-order valence-electron chi connectivity index (χ3n) is 2.38. The molecule has 0 saturated carbocycles. The summed E-state index contributed by atoms with van der Waals surface area (Å²) >= 11 is 0. The van der Waals surface area contributed by atoms with E-state index in [0.717, 1.165) is 30.2 Å². The van der Waals surface area contributed by atoms with Gasteiger partial charge >= 0.3 is 0 Å². The monoisotopic (exact) mass is 247 g/mol. The molecule has 0 amide bonds. The third-order valence-corrected chi connectivity index (χ3v) is 2.38. The number of hydrogen-bond acceptors (Lipinski definition) is 5. The zero-order valence-corrected chi connectivity index (χ0v) is 10.6. The molecule has 5 heteroatoms. The first-order valence-electron chi connectivity index (χ1n) is 5.98. The maximum Gasteiger partial charge on any atom is 0.157 e. The minimum absolute atomic E-state index is 0.384. The van der Waals surface area contributed by atoms with E-state index in [1.165, 1.54) is 0 Å². The van der Waals surface area contributed by atoms with Crippen LogP contribution >= 0.6 is 0 Å². The Morgan fingerprint density at radius 3 is 2.94 bits per heavy atom. The van der Waals surface area contributed by atoms with Gasteiger partial charge in [-0.15, -0.1) is 0 Å². The van der Waals surface area contributed by atoms with Crippen LogP contribution in [0.4, 0.5) is 5.82 Å². The van der Waals surface area contributed by atoms with Gasteiger partial charge in [0.05, 0.1) is 6.26 Å². The van der Waals surface area contributed by atoms with Crippen LogP contribution in [0, 0.1) is 0 Å². The average molecular weight is 247 g/mol. The minimum Gasteiger partial charge on any atom is -0.463 e. The van der Waals surface area contributed by atoms with Crippen molar-refractivity contribution < 1.29 is 9.15 Å². The Kier molecular flexibility index (Phi) is 4.30. The molecule has 2 aromatic rings. The summed E-state index contributed by atoms with van der Waals surface area (Å²) in [6.07, 6.45) is 2.67. The van der Waals surface area contributed by atoms with E-state index in [0.29, 0.717) is 12.4 Å². The summed E-state index contributed by atoms with van der Waals surface area (Å²) < 4.78 is 10.4.